The zero-order chi connectivity index (χ0) is 30.2. The molecule has 0 aromatic heterocycles. The molecule has 0 N–H and O–H groups in total. The van der Waals surface area contributed by atoms with Crippen LogP contribution >= 0.6 is 0 Å². The minimum atomic E-state index is -4.27. The lowest BCUT2D eigenvalue weighted by Crippen LogP contribution is -2.53. The standard InChI is InChI=1S/C30H34O10S2/c1-21-10-14-24(15-11-21)41(31,32)36-19-30(20-37-42(33,34)25-16-12-22(2)13-17-25)27(35-18-23-8-6-5-7-9-23)26-28(40-30)39-29(3,4)38-26/h5-17,26-28H,18-20H2,1-4H3/t26-,27-,28+/m1/s1. The largest absolute Gasteiger partial charge is 0.367 e. The van der Waals surface area contributed by atoms with E-state index in [1.807, 2.05) is 44.2 Å². The highest BCUT2D eigenvalue weighted by Crippen LogP contribution is 2.45. The van der Waals surface area contributed by atoms with Crippen molar-refractivity contribution in [3.05, 3.63) is 95.6 Å². The quantitative estimate of drug-likeness (QED) is 0.288. The Morgan fingerprint density at radius 1 is 0.690 bits per heavy atom. The van der Waals surface area contributed by atoms with Crippen molar-refractivity contribution in [3.63, 3.8) is 0 Å². The van der Waals surface area contributed by atoms with Gasteiger partial charge in [0, 0.05) is 0 Å². The van der Waals surface area contributed by atoms with Gasteiger partial charge in [-0.1, -0.05) is 65.7 Å². The monoisotopic (exact) mass is 618 g/mol. The van der Waals surface area contributed by atoms with Gasteiger partial charge in [0.05, 0.1) is 16.4 Å². The molecule has 42 heavy (non-hydrogen) atoms. The van der Waals surface area contributed by atoms with E-state index in [0.29, 0.717) is 0 Å². The predicted molar refractivity (Wildman–Crippen MR) is 151 cm³/mol. The van der Waals surface area contributed by atoms with Gasteiger partial charge in [0.1, 0.15) is 31.0 Å². The van der Waals surface area contributed by atoms with Crippen LogP contribution in [0, 0.1) is 13.8 Å². The van der Waals surface area contributed by atoms with Crippen LogP contribution in [-0.2, 0) is 54.2 Å². The van der Waals surface area contributed by atoms with E-state index in [4.69, 9.17) is 27.3 Å². The number of hydrogen-bond acceptors (Lipinski definition) is 10. The van der Waals surface area contributed by atoms with E-state index in [1.54, 1.807) is 38.1 Å². The Bertz CT molecular complexity index is 1510. The highest BCUT2D eigenvalue weighted by Gasteiger charge is 2.63. The second kappa shape index (κ2) is 11.8. The molecule has 0 unspecified atom stereocenters. The molecule has 0 saturated carbocycles. The van der Waals surface area contributed by atoms with Crippen molar-refractivity contribution in [2.24, 2.45) is 0 Å². The first-order valence-electron chi connectivity index (χ1n) is 13.4. The second-order valence-electron chi connectivity index (χ2n) is 10.9. The predicted octanol–water partition coefficient (Wildman–Crippen LogP) is 4.25. The van der Waals surface area contributed by atoms with E-state index in [1.165, 1.54) is 24.3 Å². The van der Waals surface area contributed by atoms with E-state index in [0.717, 1.165) is 16.7 Å². The molecular formula is C30H34O10S2. The van der Waals surface area contributed by atoms with Gasteiger partial charge in [0.15, 0.2) is 12.1 Å². The molecule has 3 aromatic rings. The lowest BCUT2D eigenvalue weighted by Gasteiger charge is -2.35. The van der Waals surface area contributed by atoms with Gasteiger partial charge in [0.25, 0.3) is 20.2 Å². The topological polar surface area (TPSA) is 124 Å². The van der Waals surface area contributed by atoms with E-state index in [2.05, 4.69) is 0 Å². The van der Waals surface area contributed by atoms with Crippen LogP contribution in [0.25, 0.3) is 0 Å². The zero-order valence-electron chi connectivity index (χ0n) is 23.8. The van der Waals surface area contributed by atoms with E-state index >= 15 is 0 Å². The van der Waals surface area contributed by atoms with E-state index in [-0.39, 0.29) is 16.4 Å². The summed E-state index contributed by atoms with van der Waals surface area (Å²) in [6.45, 7) is 5.92. The van der Waals surface area contributed by atoms with Gasteiger partial charge in [-0.15, -0.1) is 0 Å². The van der Waals surface area contributed by atoms with Gasteiger partial charge in [-0.3, -0.25) is 8.37 Å². The average Bonchev–Trinajstić information content (AvgIpc) is 3.39. The maximum atomic E-state index is 13.2. The summed E-state index contributed by atoms with van der Waals surface area (Å²) in [6, 6.07) is 21.6. The van der Waals surface area contributed by atoms with Crippen LogP contribution in [0.2, 0.25) is 0 Å². The molecule has 5 rings (SSSR count). The molecule has 0 amide bonds. The maximum absolute atomic E-state index is 13.2. The van der Waals surface area contributed by atoms with Crippen LogP contribution in [0.4, 0.5) is 0 Å². The molecule has 2 fully saturated rings. The van der Waals surface area contributed by atoms with Gasteiger partial charge in [-0.05, 0) is 57.5 Å². The van der Waals surface area contributed by atoms with E-state index in [9.17, 15) is 16.8 Å². The number of benzene rings is 3. The van der Waals surface area contributed by atoms with Crippen molar-refractivity contribution in [2.75, 3.05) is 13.2 Å². The van der Waals surface area contributed by atoms with Crippen LogP contribution < -0.4 is 0 Å². The van der Waals surface area contributed by atoms with Crippen LogP contribution in [-0.4, -0.2) is 59.9 Å². The molecule has 2 heterocycles. The summed E-state index contributed by atoms with van der Waals surface area (Å²) in [5.41, 5.74) is 0.821. The first-order valence-corrected chi connectivity index (χ1v) is 16.2. The third-order valence-electron chi connectivity index (χ3n) is 7.06. The number of ether oxygens (including phenoxy) is 4. The molecule has 0 spiro atoms. The van der Waals surface area contributed by atoms with Crippen LogP contribution in [0.3, 0.4) is 0 Å². The molecule has 0 bridgehead atoms. The summed E-state index contributed by atoms with van der Waals surface area (Å²) in [5.74, 6) is -1.03. The first-order chi connectivity index (χ1) is 19.8. The summed E-state index contributed by atoms with van der Waals surface area (Å²) in [6.07, 6.45) is -2.87. The van der Waals surface area contributed by atoms with E-state index < -0.39 is 63.3 Å². The summed E-state index contributed by atoms with van der Waals surface area (Å²) < 4.78 is 88.4. The van der Waals surface area contributed by atoms with Gasteiger partial charge in [-0.25, -0.2) is 0 Å². The molecule has 10 nitrogen and oxygen atoms in total. The Hall–Kier alpha value is -2.68. The zero-order valence-corrected chi connectivity index (χ0v) is 25.4. The molecular weight excluding hydrogens is 584 g/mol. The average molecular weight is 619 g/mol. The van der Waals surface area contributed by atoms with Crippen LogP contribution in [0.5, 0.6) is 0 Å². The fourth-order valence-corrected chi connectivity index (χ4v) is 6.75. The van der Waals surface area contributed by atoms with Gasteiger partial charge in [-0.2, -0.15) is 16.8 Å². The van der Waals surface area contributed by atoms with Crippen molar-refractivity contribution in [1.29, 1.82) is 0 Å². The third-order valence-corrected chi connectivity index (χ3v) is 9.62. The molecule has 12 heteroatoms. The Kier molecular flexibility index (Phi) is 8.63. The summed E-state index contributed by atoms with van der Waals surface area (Å²) >= 11 is 0. The number of aryl methyl sites for hydroxylation is 2. The summed E-state index contributed by atoms with van der Waals surface area (Å²) in [7, 11) is -8.55. The van der Waals surface area contributed by atoms with Gasteiger partial charge < -0.3 is 18.9 Å². The first kappa shape index (κ1) is 30.8. The summed E-state index contributed by atoms with van der Waals surface area (Å²) in [5, 5.41) is 0. The van der Waals surface area contributed by atoms with Crippen molar-refractivity contribution >= 4 is 20.2 Å². The minimum absolute atomic E-state index is 0.0648. The van der Waals surface area contributed by atoms with Crippen molar-refractivity contribution < 1.29 is 44.1 Å². The molecule has 2 aliphatic rings. The molecule has 226 valence electrons. The lowest BCUT2D eigenvalue weighted by atomic mass is 9.97. The maximum Gasteiger partial charge on any atom is 0.297 e. The molecule has 3 aromatic carbocycles. The van der Waals surface area contributed by atoms with Gasteiger partial charge >= 0.3 is 0 Å². The highest BCUT2D eigenvalue weighted by molar-refractivity contribution is 7.87. The van der Waals surface area contributed by atoms with Crippen molar-refractivity contribution in [3.8, 4) is 0 Å². The van der Waals surface area contributed by atoms with Crippen molar-refractivity contribution in [2.45, 2.75) is 74.0 Å². The van der Waals surface area contributed by atoms with Gasteiger partial charge in [0.2, 0.25) is 0 Å². The Morgan fingerprint density at radius 2 is 1.19 bits per heavy atom. The molecule has 2 saturated heterocycles. The third kappa shape index (κ3) is 6.76. The molecule has 0 radical (unpaired) electrons. The Morgan fingerprint density at radius 3 is 1.69 bits per heavy atom. The smallest absolute Gasteiger partial charge is 0.297 e. The second-order valence-corrected chi connectivity index (χ2v) is 14.2. The SMILES string of the molecule is Cc1ccc(S(=O)(=O)OCC2(COS(=O)(=O)c3ccc(C)cc3)O[C@@H]3OC(C)(C)O[C@@H]3[C@H]2OCc2ccccc2)cc1. The number of hydrogen-bond donors (Lipinski definition) is 0. The number of fused-ring (bicyclic) bond motifs is 1. The molecule has 2 aliphatic heterocycles. The highest BCUT2D eigenvalue weighted by atomic mass is 32.2. The fourth-order valence-electron chi connectivity index (χ4n) is 4.83. The van der Waals surface area contributed by atoms with Crippen LogP contribution in [0.1, 0.15) is 30.5 Å². The Labute approximate surface area is 246 Å². The lowest BCUT2D eigenvalue weighted by molar-refractivity contribution is -0.254. The van der Waals surface area contributed by atoms with Crippen LogP contribution in [0.15, 0.2) is 88.7 Å². The number of rotatable bonds is 11. The molecule has 3 atom stereocenters. The molecule has 0 aliphatic carbocycles. The fraction of sp³-hybridized carbons (Fsp3) is 0.400. The van der Waals surface area contributed by atoms with Crippen molar-refractivity contribution in [1.82, 2.24) is 0 Å². The summed E-state index contributed by atoms with van der Waals surface area (Å²) in [4.78, 5) is -0.130. The Balaban J connectivity index is 1.47. The minimum Gasteiger partial charge on any atom is -0.367 e. The normalized spacial score (nSPS) is 23.1.